The molecule has 2 aromatic carbocycles. The van der Waals surface area contributed by atoms with Gasteiger partial charge < -0.3 is 14.8 Å². The Morgan fingerprint density at radius 2 is 1.76 bits per heavy atom. The minimum absolute atomic E-state index is 0.0552. The maximum absolute atomic E-state index is 12.6. The Labute approximate surface area is 198 Å². The molecule has 1 amide bonds. The molecule has 0 radical (unpaired) electrons. The van der Waals surface area contributed by atoms with Crippen molar-refractivity contribution in [2.45, 2.75) is 31.7 Å². The maximum atomic E-state index is 12.6. The second kappa shape index (κ2) is 11.8. The Morgan fingerprint density at radius 3 is 2.48 bits per heavy atom. The van der Waals surface area contributed by atoms with Crippen molar-refractivity contribution in [1.82, 2.24) is 10.0 Å². The number of hydrogen-bond donors (Lipinski definition) is 2. The van der Waals surface area contributed by atoms with Gasteiger partial charge in [-0.3, -0.25) is 4.79 Å². The Bertz CT molecular complexity index is 1160. The fourth-order valence-electron chi connectivity index (χ4n) is 3.14. The molecule has 1 aromatic heterocycles. The molecule has 1 heterocycles. The van der Waals surface area contributed by atoms with Crippen LogP contribution in [0.4, 0.5) is 0 Å². The monoisotopic (exact) mass is 488 g/mol. The molecule has 33 heavy (non-hydrogen) atoms. The Balaban J connectivity index is 1.59. The van der Waals surface area contributed by atoms with Crippen molar-refractivity contribution >= 4 is 27.3 Å². The topological polar surface area (TPSA) is 93.7 Å². The molecule has 0 aliphatic carbocycles. The van der Waals surface area contributed by atoms with E-state index >= 15 is 0 Å². The third-order valence-electron chi connectivity index (χ3n) is 4.73. The van der Waals surface area contributed by atoms with Crippen LogP contribution in [0.25, 0.3) is 0 Å². The molecule has 0 bridgehead atoms. The molecule has 2 N–H and O–H groups in total. The zero-order chi connectivity index (χ0) is 23.7. The molecule has 0 atom stereocenters. The van der Waals surface area contributed by atoms with Gasteiger partial charge in [0.25, 0.3) is 5.91 Å². The van der Waals surface area contributed by atoms with E-state index in [9.17, 15) is 13.2 Å². The molecule has 0 saturated heterocycles. The number of thiophene rings is 1. The summed E-state index contributed by atoms with van der Waals surface area (Å²) < 4.78 is 39.0. The van der Waals surface area contributed by atoms with Gasteiger partial charge in [-0.25, -0.2) is 13.1 Å². The first-order valence-corrected chi connectivity index (χ1v) is 13.1. The highest BCUT2D eigenvalue weighted by molar-refractivity contribution is 7.89. The van der Waals surface area contributed by atoms with Crippen LogP contribution in [0.5, 0.6) is 11.5 Å². The van der Waals surface area contributed by atoms with E-state index in [-0.39, 0.29) is 22.9 Å². The second-order valence-electron chi connectivity index (χ2n) is 7.08. The summed E-state index contributed by atoms with van der Waals surface area (Å²) in [6, 6.07) is 15.5. The van der Waals surface area contributed by atoms with Gasteiger partial charge in [-0.2, -0.15) is 0 Å². The molecule has 0 aliphatic heterocycles. The van der Waals surface area contributed by atoms with Gasteiger partial charge in [-0.15, -0.1) is 11.3 Å². The van der Waals surface area contributed by atoms with Crippen LogP contribution < -0.4 is 19.5 Å². The summed E-state index contributed by atoms with van der Waals surface area (Å²) in [7, 11) is -3.72. The molecule has 0 fully saturated rings. The minimum Gasteiger partial charge on any atom is -0.490 e. The summed E-state index contributed by atoms with van der Waals surface area (Å²) in [5.41, 5.74) is 1.28. The third-order valence-corrected chi connectivity index (χ3v) is 7.01. The highest BCUT2D eigenvalue weighted by atomic mass is 32.2. The van der Waals surface area contributed by atoms with E-state index in [0.717, 1.165) is 10.4 Å². The Kier molecular flexibility index (Phi) is 8.87. The van der Waals surface area contributed by atoms with Crippen molar-refractivity contribution in [3.63, 3.8) is 0 Å². The first kappa shape index (κ1) is 24.8. The smallest absolute Gasteiger partial charge is 0.251 e. The number of ether oxygens (including phenoxy) is 2. The Morgan fingerprint density at radius 1 is 0.970 bits per heavy atom. The predicted octanol–water partition coefficient (Wildman–Crippen LogP) is 4.00. The van der Waals surface area contributed by atoms with Gasteiger partial charge in [0.15, 0.2) is 11.5 Å². The van der Waals surface area contributed by atoms with Crippen molar-refractivity contribution in [2.75, 3.05) is 19.8 Å². The van der Waals surface area contributed by atoms with Crippen LogP contribution in [0.15, 0.2) is 64.9 Å². The van der Waals surface area contributed by atoms with Crippen LogP contribution in [0.2, 0.25) is 0 Å². The molecule has 7 nitrogen and oxygen atoms in total. The van der Waals surface area contributed by atoms with Crippen molar-refractivity contribution in [1.29, 1.82) is 0 Å². The molecule has 9 heteroatoms. The first-order valence-electron chi connectivity index (χ1n) is 10.7. The molecule has 0 spiro atoms. The van der Waals surface area contributed by atoms with E-state index in [1.807, 2.05) is 49.6 Å². The van der Waals surface area contributed by atoms with E-state index in [2.05, 4.69) is 10.0 Å². The zero-order valence-corrected chi connectivity index (χ0v) is 20.3. The first-order chi connectivity index (χ1) is 15.9. The lowest BCUT2D eigenvalue weighted by molar-refractivity contribution is 0.0954. The van der Waals surface area contributed by atoms with Crippen LogP contribution in [-0.4, -0.2) is 34.1 Å². The molecular weight excluding hydrogens is 460 g/mol. The predicted molar refractivity (Wildman–Crippen MR) is 130 cm³/mol. The van der Waals surface area contributed by atoms with E-state index < -0.39 is 10.0 Å². The number of carbonyl (C=O) groups is 1. The van der Waals surface area contributed by atoms with Crippen molar-refractivity contribution < 1.29 is 22.7 Å². The van der Waals surface area contributed by atoms with E-state index in [1.165, 1.54) is 23.5 Å². The van der Waals surface area contributed by atoms with E-state index in [0.29, 0.717) is 37.7 Å². The highest BCUT2D eigenvalue weighted by Gasteiger charge is 2.16. The van der Waals surface area contributed by atoms with Crippen LogP contribution >= 0.6 is 11.3 Å². The fourth-order valence-corrected chi connectivity index (χ4v) is 4.93. The number of nitrogens with one attached hydrogen (secondary N) is 2. The molecule has 3 aromatic rings. The number of sulfonamides is 1. The van der Waals surface area contributed by atoms with Gasteiger partial charge in [-0.05, 0) is 67.6 Å². The quantitative estimate of drug-likeness (QED) is 0.402. The van der Waals surface area contributed by atoms with Crippen molar-refractivity contribution in [3.05, 3.63) is 76.0 Å². The summed E-state index contributed by atoms with van der Waals surface area (Å²) >= 11 is 1.47. The summed E-state index contributed by atoms with van der Waals surface area (Å²) in [4.78, 5) is 13.6. The average molecular weight is 489 g/mol. The van der Waals surface area contributed by atoms with Gasteiger partial charge in [0.05, 0.1) is 18.1 Å². The number of carbonyl (C=O) groups excluding carboxylic acids is 1. The number of rotatable bonds is 12. The van der Waals surface area contributed by atoms with Crippen LogP contribution in [0.3, 0.4) is 0 Å². The SMILES string of the molecule is CCOc1ccc(CCNC(=O)c2cccc(S(=O)(=O)NCc3cccs3)c2)cc1OCC. The molecule has 0 saturated carbocycles. The van der Waals surface area contributed by atoms with E-state index in [1.54, 1.807) is 12.1 Å². The maximum Gasteiger partial charge on any atom is 0.251 e. The van der Waals surface area contributed by atoms with Gasteiger partial charge in [0.2, 0.25) is 10.0 Å². The summed E-state index contributed by atoms with van der Waals surface area (Å²) in [6.45, 7) is 5.51. The van der Waals surface area contributed by atoms with Crippen molar-refractivity contribution in [3.8, 4) is 11.5 Å². The normalized spacial score (nSPS) is 11.2. The standard InChI is InChI=1S/C24H28N2O5S2/c1-3-30-22-11-10-18(15-23(22)31-4-2)12-13-25-24(27)19-7-5-9-21(16-19)33(28,29)26-17-20-8-6-14-32-20/h5-11,14-16,26H,3-4,12-13,17H2,1-2H3,(H,25,27). The molecular formula is C24H28N2O5S2. The molecule has 176 valence electrons. The van der Waals surface area contributed by atoms with Crippen LogP contribution in [0, 0.1) is 0 Å². The fraction of sp³-hybridized carbons (Fsp3) is 0.292. The largest absolute Gasteiger partial charge is 0.490 e. The molecule has 3 rings (SSSR count). The number of amides is 1. The van der Waals surface area contributed by atoms with Gasteiger partial charge in [-0.1, -0.05) is 18.2 Å². The lowest BCUT2D eigenvalue weighted by atomic mass is 10.1. The Hall–Kier alpha value is -2.88. The third kappa shape index (κ3) is 7.05. The summed E-state index contributed by atoms with van der Waals surface area (Å²) in [6.07, 6.45) is 0.596. The van der Waals surface area contributed by atoms with Gasteiger partial charge in [0, 0.05) is 23.5 Å². The van der Waals surface area contributed by atoms with Crippen molar-refractivity contribution in [2.24, 2.45) is 0 Å². The lowest BCUT2D eigenvalue weighted by Crippen LogP contribution is -2.27. The van der Waals surface area contributed by atoms with E-state index in [4.69, 9.17) is 9.47 Å². The van der Waals surface area contributed by atoms with Crippen LogP contribution in [-0.2, 0) is 23.0 Å². The lowest BCUT2D eigenvalue weighted by Gasteiger charge is -2.13. The number of benzene rings is 2. The van der Waals surface area contributed by atoms with Gasteiger partial charge in [0.1, 0.15) is 0 Å². The van der Waals surface area contributed by atoms with Crippen LogP contribution in [0.1, 0.15) is 34.6 Å². The highest BCUT2D eigenvalue weighted by Crippen LogP contribution is 2.28. The summed E-state index contributed by atoms with van der Waals surface area (Å²) in [5, 5.41) is 4.74. The second-order valence-corrected chi connectivity index (χ2v) is 9.88. The molecule has 0 unspecified atom stereocenters. The molecule has 0 aliphatic rings. The summed E-state index contributed by atoms with van der Waals surface area (Å²) in [5.74, 6) is 1.04. The zero-order valence-electron chi connectivity index (χ0n) is 18.7. The minimum atomic E-state index is -3.72. The average Bonchev–Trinajstić information content (AvgIpc) is 3.34. The van der Waals surface area contributed by atoms with Gasteiger partial charge >= 0.3 is 0 Å². The number of hydrogen-bond acceptors (Lipinski definition) is 6.